The Morgan fingerprint density at radius 3 is 2.19 bits per heavy atom. The summed E-state index contributed by atoms with van der Waals surface area (Å²) >= 11 is 0. The Morgan fingerprint density at radius 2 is 1.56 bits per heavy atom. The fourth-order valence-corrected chi connectivity index (χ4v) is 2.90. The second-order valence-corrected chi connectivity index (χ2v) is 7.35. The zero-order chi connectivity index (χ0) is 23.5. The van der Waals surface area contributed by atoms with Gasteiger partial charge in [-0.05, 0) is 36.6 Å². The van der Waals surface area contributed by atoms with Gasteiger partial charge in [-0.25, -0.2) is 0 Å². The summed E-state index contributed by atoms with van der Waals surface area (Å²) in [7, 11) is 0. The molecule has 0 aromatic heterocycles. The molecule has 3 atom stereocenters. The zero-order valence-electron chi connectivity index (χ0n) is 17.7. The first kappa shape index (κ1) is 24.5. The molecular formula is C23H27N4O5. The highest BCUT2D eigenvalue weighted by Crippen LogP contribution is 2.11. The molecule has 3 amide bonds. The Bertz CT molecular complexity index is 918. The highest BCUT2D eigenvalue weighted by molar-refractivity contribution is 5.92. The number of phenolic OH excluding ortho intramolecular Hbond substituents is 1. The van der Waals surface area contributed by atoms with Crippen LogP contribution < -0.4 is 21.7 Å². The normalized spacial score (nSPS) is 13.3. The maximum Gasteiger partial charge on any atom is 0.242 e. The van der Waals surface area contributed by atoms with Crippen LogP contribution in [0.15, 0.2) is 54.6 Å². The summed E-state index contributed by atoms with van der Waals surface area (Å²) in [6.07, 6.45) is 2.29. The molecule has 0 fully saturated rings. The van der Waals surface area contributed by atoms with Crippen molar-refractivity contribution in [1.82, 2.24) is 16.0 Å². The number of nitrogens with one attached hydrogen (secondary N) is 3. The van der Waals surface area contributed by atoms with E-state index in [9.17, 15) is 24.3 Å². The number of hydrogen-bond acceptors (Lipinski definition) is 6. The summed E-state index contributed by atoms with van der Waals surface area (Å²) in [6, 6.07) is 12.8. The summed E-state index contributed by atoms with van der Waals surface area (Å²) in [5.41, 5.74) is 7.51. The van der Waals surface area contributed by atoms with Gasteiger partial charge in [-0.15, -0.1) is 0 Å². The molecule has 6 N–H and O–H groups in total. The van der Waals surface area contributed by atoms with E-state index in [-0.39, 0.29) is 25.1 Å². The van der Waals surface area contributed by atoms with E-state index in [1.54, 1.807) is 18.4 Å². The number of benzene rings is 2. The minimum absolute atomic E-state index is 0.110. The average Bonchev–Trinajstić information content (AvgIpc) is 2.79. The van der Waals surface area contributed by atoms with Crippen LogP contribution >= 0.6 is 0 Å². The number of nitrogens with two attached hydrogens (primary N) is 1. The number of carbonyl (C=O) groups excluding carboxylic acids is 4. The van der Waals surface area contributed by atoms with Crippen LogP contribution in [0.3, 0.4) is 0 Å². The third kappa shape index (κ3) is 8.19. The van der Waals surface area contributed by atoms with Crippen LogP contribution in [0, 0.1) is 0 Å². The lowest BCUT2D eigenvalue weighted by molar-refractivity contribution is -0.130. The molecule has 2 unspecified atom stereocenters. The number of hydrogen-bond donors (Lipinski definition) is 5. The number of phenols is 1. The van der Waals surface area contributed by atoms with Gasteiger partial charge in [-0.1, -0.05) is 42.5 Å². The van der Waals surface area contributed by atoms with E-state index >= 15 is 0 Å². The molecule has 0 heterocycles. The van der Waals surface area contributed by atoms with Crippen molar-refractivity contribution >= 4 is 24.0 Å². The highest BCUT2D eigenvalue weighted by Gasteiger charge is 2.21. The lowest BCUT2D eigenvalue weighted by Crippen LogP contribution is -2.52. The Kier molecular flexibility index (Phi) is 9.37. The van der Waals surface area contributed by atoms with Gasteiger partial charge in [0.2, 0.25) is 24.0 Å². The Labute approximate surface area is 186 Å². The Balaban J connectivity index is 1.74. The molecular weight excluding hydrogens is 412 g/mol. The molecule has 0 spiro atoms. The average molecular weight is 439 g/mol. The van der Waals surface area contributed by atoms with E-state index in [2.05, 4.69) is 16.0 Å². The number of amides is 3. The minimum Gasteiger partial charge on any atom is -0.508 e. The molecule has 2 aromatic carbocycles. The molecule has 2 aromatic rings. The van der Waals surface area contributed by atoms with Gasteiger partial charge in [0.05, 0.1) is 18.6 Å². The first-order valence-electron chi connectivity index (χ1n) is 10.1. The van der Waals surface area contributed by atoms with Crippen LogP contribution in [-0.2, 0) is 32.0 Å². The van der Waals surface area contributed by atoms with Crippen molar-refractivity contribution < 1.29 is 24.3 Å². The molecule has 9 heteroatoms. The molecule has 0 saturated carbocycles. The van der Waals surface area contributed by atoms with Crippen LogP contribution in [0.2, 0.25) is 0 Å². The molecule has 0 aliphatic carbocycles. The molecule has 9 nitrogen and oxygen atoms in total. The Hall–Kier alpha value is -3.72. The summed E-state index contributed by atoms with van der Waals surface area (Å²) < 4.78 is 0. The number of rotatable bonds is 11. The van der Waals surface area contributed by atoms with Crippen LogP contribution in [0.25, 0.3) is 0 Å². The van der Waals surface area contributed by atoms with Crippen molar-refractivity contribution in [2.75, 3.05) is 6.54 Å². The lowest BCUT2D eigenvalue weighted by atomic mass is 10.1. The van der Waals surface area contributed by atoms with Crippen LogP contribution in [-0.4, -0.2) is 53.8 Å². The smallest absolute Gasteiger partial charge is 0.242 e. The van der Waals surface area contributed by atoms with E-state index in [4.69, 9.17) is 5.73 Å². The predicted molar refractivity (Wildman–Crippen MR) is 118 cm³/mol. The van der Waals surface area contributed by atoms with E-state index in [0.29, 0.717) is 0 Å². The van der Waals surface area contributed by atoms with Gasteiger partial charge in [-0.2, -0.15) is 0 Å². The molecule has 0 aliphatic rings. The molecule has 1 radical (unpaired) electrons. The van der Waals surface area contributed by atoms with Crippen molar-refractivity contribution in [3.8, 4) is 5.75 Å². The van der Waals surface area contributed by atoms with Crippen molar-refractivity contribution in [2.45, 2.75) is 37.9 Å². The summed E-state index contributed by atoms with van der Waals surface area (Å²) in [5.74, 6) is -1.53. The van der Waals surface area contributed by atoms with E-state index in [1.165, 1.54) is 19.1 Å². The summed E-state index contributed by atoms with van der Waals surface area (Å²) in [6.45, 7) is 1.11. The van der Waals surface area contributed by atoms with Crippen molar-refractivity contribution in [2.24, 2.45) is 5.73 Å². The predicted octanol–water partition coefficient (Wildman–Crippen LogP) is -0.280. The number of carbonyl (C=O) groups is 3. The third-order valence-corrected chi connectivity index (χ3v) is 4.66. The molecule has 0 saturated heterocycles. The van der Waals surface area contributed by atoms with Gasteiger partial charge >= 0.3 is 0 Å². The van der Waals surface area contributed by atoms with Gasteiger partial charge in [0.25, 0.3) is 0 Å². The fourth-order valence-electron chi connectivity index (χ4n) is 2.90. The largest absolute Gasteiger partial charge is 0.508 e. The maximum absolute atomic E-state index is 12.2. The zero-order valence-corrected chi connectivity index (χ0v) is 17.7. The van der Waals surface area contributed by atoms with Crippen molar-refractivity contribution in [1.29, 1.82) is 0 Å². The summed E-state index contributed by atoms with van der Waals surface area (Å²) in [5, 5.41) is 16.7. The second-order valence-electron chi connectivity index (χ2n) is 7.35. The fraction of sp³-hybridized carbons (Fsp3) is 0.304. The molecule has 2 rings (SSSR count). The Morgan fingerprint density at radius 1 is 0.938 bits per heavy atom. The lowest BCUT2D eigenvalue weighted by Gasteiger charge is -2.18. The van der Waals surface area contributed by atoms with Crippen molar-refractivity contribution in [3.63, 3.8) is 0 Å². The van der Waals surface area contributed by atoms with Crippen LogP contribution in [0.4, 0.5) is 0 Å². The molecule has 169 valence electrons. The van der Waals surface area contributed by atoms with Crippen LogP contribution in [0.5, 0.6) is 5.75 Å². The van der Waals surface area contributed by atoms with Gasteiger partial charge in [0, 0.05) is 6.42 Å². The monoisotopic (exact) mass is 439 g/mol. The van der Waals surface area contributed by atoms with E-state index in [1.807, 2.05) is 30.3 Å². The molecule has 0 bridgehead atoms. The standard InChI is InChI=1S/C23H27N4O5/c1-15(26-23(32)20(24)12-17-7-9-19(29)10-8-17)22(31)25-13-21(30)27-18(14-28)11-16-5-3-2-4-6-16/h2-10,15,18,20,29H,11-13,24H2,1H3,(H,25,31)(H,26,32)(H,27,30)/t15-,18?,20?/m1/s1. The maximum atomic E-state index is 12.2. The molecule has 32 heavy (non-hydrogen) atoms. The second kappa shape index (κ2) is 12.2. The third-order valence-electron chi connectivity index (χ3n) is 4.66. The summed E-state index contributed by atoms with van der Waals surface area (Å²) in [4.78, 5) is 47.6. The van der Waals surface area contributed by atoms with Gasteiger partial charge in [0.15, 0.2) is 0 Å². The number of aromatic hydroxyl groups is 1. The van der Waals surface area contributed by atoms with Gasteiger partial charge in [0.1, 0.15) is 11.8 Å². The highest BCUT2D eigenvalue weighted by atomic mass is 16.3. The molecule has 0 aliphatic heterocycles. The first-order chi connectivity index (χ1) is 15.3. The quantitative estimate of drug-likeness (QED) is 0.325. The van der Waals surface area contributed by atoms with Gasteiger partial charge in [-0.3, -0.25) is 19.2 Å². The first-order valence-corrected chi connectivity index (χ1v) is 10.1. The van der Waals surface area contributed by atoms with Crippen molar-refractivity contribution in [3.05, 3.63) is 65.7 Å². The SMILES string of the molecule is C[C@@H](NC(=O)C(N)Cc1ccc(O)cc1)C(=O)NCC(=O)NC([C]=O)Cc1ccccc1. The minimum atomic E-state index is -0.918. The topological polar surface area (TPSA) is 151 Å². The van der Waals surface area contributed by atoms with E-state index in [0.717, 1.165) is 11.1 Å². The van der Waals surface area contributed by atoms with E-state index < -0.39 is 35.8 Å². The van der Waals surface area contributed by atoms with Crippen LogP contribution in [0.1, 0.15) is 18.1 Å². The van der Waals surface area contributed by atoms with Gasteiger partial charge < -0.3 is 26.8 Å².